The highest BCUT2D eigenvalue weighted by atomic mass is 19.1. The summed E-state index contributed by atoms with van der Waals surface area (Å²) in [5.74, 6) is -0.778. The van der Waals surface area contributed by atoms with Gasteiger partial charge in [-0.25, -0.2) is 9.38 Å². The smallest absolute Gasteiger partial charge is 0.277 e. The number of carbonyl (C=O) groups is 1. The number of benzene rings is 2. The Morgan fingerprint density at radius 1 is 1.03 bits per heavy atom. The Balaban J connectivity index is 1.84. The summed E-state index contributed by atoms with van der Waals surface area (Å²) in [6, 6.07) is 19.3. The summed E-state index contributed by atoms with van der Waals surface area (Å²) >= 11 is 0. The predicted molar refractivity (Wildman–Crippen MR) is 116 cm³/mol. The van der Waals surface area contributed by atoms with Crippen molar-refractivity contribution in [2.75, 3.05) is 18.5 Å². The number of nitrogens with one attached hydrogen (secondary N) is 1. The number of amides is 1. The Bertz CT molecular complexity index is 1260. The second-order valence-electron chi connectivity index (χ2n) is 7.09. The quantitative estimate of drug-likeness (QED) is 0.533. The third-order valence-corrected chi connectivity index (χ3v) is 5.00. The van der Waals surface area contributed by atoms with E-state index in [0.29, 0.717) is 10.9 Å². The van der Waals surface area contributed by atoms with Gasteiger partial charge in [-0.3, -0.25) is 4.79 Å². The van der Waals surface area contributed by atoms with Gasteiger partial charge in [0.2, 0.25) is 0 Å². The summed E-state index contributed by atoms with van der Waals surface area (Å²) in [5, 5.41) is 2.75. The van der Waals surface area contributed by atoms with Crippen molar-refractivity contribution < 1.29 is 9.18 Å². The number of anilines is 1. The summed E-state index contributed by atoms with van der Waals surface area (Å²) < 4.78 is 13.1. The van der Waals surface area contributed by atoms with Gasteiger partial charge in [0.25, 0.3) is 5.91 Å². The van der Waals surface area contributed by atoms with Gasteiger partial charge in [0.05, 0.1) is 16.6 Å². The van der Waals surface area contributed by atoms with Gasteiger partial charge in [-0.15, -0.1) is 0 Å². The van der Waals surface area contributed by atoms with Gasteiger partial charge in [-0.1, -0.05) is 31.2 Å². The first-order chi connectivity index (χ1) is 14.1. The number of aromatic amines is 1. The Kier molecular flexibility index (Phi) is 5.12. The van der Waals surface area contributed by atoms with Crippen molar-refractivity contribution >= 4 is 33.4 Å². The van der Waals surface area contributed by atoms with Crippen molar-refractivity contribution in [1.82, 2.24) is 4.98 Å². The fourth-order valence-electron chi connectivity index (χ4n) is 3.59. The number of rotatable bonds is 4. The second kappa shape index (κ2) is 7.87. The standard InChI is InChI=1S/C24H22FN3O/c1-3-14-28(2)22-9-5-8-20-19-7-4-6-18(15-21(19)27-23(20)22)26-24(29)16-10-12-17(25)13-11-16/h4-13,15,27H,3,14H2,1-2H3. The molecule has 4 rings (SSSR count). The SMILES string of the molecule is CCCN(C)c1cccc2c1[nH]c1cc(=NC(=O)c3ccc(F)cc3)cccc12. The van der Waals surface area contributed by atoms with E-state index in [0.717, 1.165) is 40.5 Å². The maximum Gasteiger partial charge on any atom is 0.277 e. The molecule has 0 atom stereocenters. The van der Waals surface area contributed by atoms with Crippen molar-refractivity contribution in [3.05, 3.63) is 83.5 Å². The van der Waals surface area contributed by atoms with Crippen LogP contribution in [0.4, 0.5) is 10.1 Å². The van der Waals surface area contributed by atoms with Crippen molar-refractivity contribution in [2.24, 2.45) is 4.99 Å². The van der Waals surface area contributed by atoms with E-state index in [2.05, 4.69) is 47.0 Å². The number of H-pyrrole nitrogens is 1. The molecule has 0 aliphatic carbocycles. The Morgan fingerprint density at radius 2 is 1.76 bits per heavy atom. The molecule has 0 unspecified atom stereocenters. The Hall–Kier alpha value is -3.47. The van der Waals surface area contributed by atoms with Gasteiger partial charge in [-0.05, 0) is 48.9 Å². The minimum atomic E-state index is -0.399. The van der Waals surface area contributed by atoms with Crippen molar-refractivity contribution in [2.45, 2.75) is 13.3 Å². The maximum atomic E-state index is 13.1. The molecule has 5 heteroatoms. The van der Waals surface area contributed by atoms with Crippen LogP contribution in [0.2, 0.25) is 0 Å². The van der Waals surface area contributed by atoms with Gasteiger partial charge in [-0.2, -0.15) is 0 Å². The molecule has 0 radical (unpaired) electrons. The lowest BCUT2D eigenvalue weighted by Gasteiger charge is -2.19. The third kappa shape index (κ3) is 3.76. The fraction of sp³-hybridized carbons (Fsp3) is 0.167. The number of nitrogens with zero attached hydrogens (tertiary/aromatic N) is 2. The van der Waals surface area contributed by atoms with E-state index >= 15 is 0 Å². The summed E-state index contributed by atoms with van der Waals surface area (Å²) in [6.07, 6.45) is 1.07. The number of halogens is 1. The van der Waals surface area contributed by atoms with E-state index in [-0.39, 0.29) is 5.82 Å². The molecule has 0 spiro atoms. The number of para-hydroxylation sites is 1. The van der Waals surface area contributed by atoms with Gasteiger partial charge >= 0.3 is 0 Å². The van der Waals surface area contributed by atoms with Crippen LogP contribution in [0.3, 0.4) is 0 Å². The van der Waals surface area contributed by atoms with Crippen molar-refractivity contribution in [1.29, 1.82) is 0 Å². The zero-order chi connectivity index (χ0) is 20.4. The minimum Gasteiger partial charge on any atom is -0.373 e. The van der Waals surface area contributed by atoms with Crippen LogP contribution in [0.25, 0.3) is 21.8 Å². The number of hydrogen-bond acceptors (Lipinski definition) is 2. The van der Waals surface area contributed by atoms with E-state index in [1.54, 1.807) is 6.07 Å². The fourth-order valence-corrected chi connectivity index (χ4v) is 3.59. The number of aromatic nitrogens is 1. The Labute approximate surface area is 168 Å². The summed E-state index contributed by atoms with van der Waals surface area (Å²) in [6.45, 7) is 3.13. The molecule has 146 valence electrons. The van der Waals surface area contributed by atoms with E-state index in [4.69, 9.17) is 0 Å². The average Bonchev–Trinajstić information content (AvgIpc) is 2.93. The molecule has 1 amide bonds. The van der Waals surface area contributed by atoms with E-state index in [9.17, 15) is 9.18 Å². The number of hydrogen-bond donors (Lipinski definition) is 1. The zero-order valence-electron chi connectivity index (χ0n) is 16.4. The molecule has 0 aliphatic heterocycles. The Morgan fingerprint density at radius 3 is 2.52 bits per heavy atom. The first-order valence-electron chi connectivity index (χ1n) is 9.67. The van der Waals surface area contributed by atoms with Crippen LogP contribution in [-0.4, -0.2) is 24.5 Å². The lowest BCUT2D eigenvalue weighted by Crippen LogP contribution is -2.17. The highest BCUT2D eigenvalue weighted by Gasteiger charge is 2.10. The first-order valence-corrected chi connectivity index (χ1v) is 9.67. The van der Waals surface area contributed by atoms with Crippen LogP contribution in [0.1, 0.15) is 23.7 Å². The van der Waals surface area contributed by atoms with Crippen LogP contribution >= 0.6 is 0 Å². The molecule has 0 saturated carbocycles. The normalized spacial score (nSPS) is 11.9. The predicted octanol–water partition coefficient (Wildman–Crippen LogP) is 5.05. The molecule has 0 aliphatic rings. The van der Waals surface area contributed by atoms with E-state index in [1.165, 1.54) is 24.3 Å². The third-order valence-electron chi connectivity index (χ3n) is 5.00. The van der Waals surface area contributed by atoms with Gasteiger partial charge in [0.1, 0.15) is 5.82 Å². The molecule has 4 nitrogen and oxygen atoms in total. The number of carbonyl (C=O) groups excluding carboxylic acids is 1. The molecule has 1 N–H and O–H groups in total. The zero-order valence-corrected chi connectivity index (χ0v) is 16.4. The van der Waals surface area contributed by atoms with E-state index in [1.807, 2.05) is 18.2 Å². The largest absolute Gasteiger partial charge is 0.373 e. The van der Waals surface area contributed by atoms with Gasteiger partial charge < -0.3 is 9.88 Å². The van der Waals surface area contributed by atoms with Crippen molar-refractivity contribution in [3.63, 3.8) is 0 Å². The summed E-state index contributed by atoms with van der Waals surface area (Å²) in [7, 11) is 2.09. The monoisotopic (exact) mass is 387 g/mol. The summed E-state index contributed by atoms with van der Waals surface area (Å²) in [5.41, 5.74) is 3.48. The molecule has 29 heavy (non-hydrogen) atoms. The molecule has 0 saturated heterocycles. The minimum absolute atomic E-state index is 0.356. The highest BCUT2D eigenvalue weighted by Crippen LogP contribution is 2.31. The first kappa shape index (κ1) is 18.9. The summed E-state index contributed by atoms with van der Waals surface area (Å²) in [4.78, 5) is 22.4. The van der Waals surface area contributed by atoms with Gasteiger partial charge in [0, 0.05) is 35.4 Å². The van der Waals surface area contributed by atoms with Crippen LogP contribution in [-0.2, 0) is 0 Å². The second-order valence-corrected chi connectivity index (χ2v) is 7.09. The number of fused-ring (bicyclic) bond motifs is 3. The highest BCUT2D eigenvalue weighted by molar-refractivity contribution is 6.11. The lowest BCUT2D eigenvalue weighted by molar-refractivity contribution is 0.0998. The molecule has 0 bridgehead atoms. The lowest BCUT2D eigenvalue weighted by atomic mass is 10.1. The molecular formula is C24H22FN3O. The van der Waals surface area contributed by atoms with Crippen LogP contribution in [0.5, 0.6) is 0 Å². The average molecular weight is 387 g/mol. The van der Waals surface area contributed by atoms with Crippen molar-refractivity contribution in [3.8, 4) is 0 Å². The topological polar surface area (TPSA) is 48.5 Å². The maximum absolute atomic E-state index is 13.1. The molecule has 3 aromatic carbocycles. The van der Waals surface area contributed by atoms with E-state index < -0.39 is 5.91 Å². The van der Waals surface area contributed by atoms with Gasteiger partial charge in [0.15, 0.2) is 0 Å². The molecule has 0 fully saturated rings. The molecular weight excluding hydrogens is 365 g/mol. The molecule has 4 aromatic rings. The van der Waals surface area contributed by atoms with Crippen LogP contribution in [0, 0.1) is 5.82 Å². The van der Waals surface area contributed by atoms with Crippen LogP contribution < -0.4 is 10.3 Å². The molecule has 1 aromatic heterocycles. The van der Waals surface area contributed by atoms with Crippen LogP contribution in [0.15, 0.2) is 71.7 Å². The molecule has 1 heterocycles.